The Balaban J connectivity index is 1.95. The van der Waals surface area contributed by atoms with E-state index in [-0.39, 0.29) is 11.1 Å². The van der Waals surface area contributed by atoms with E-state index in [2.05, 4.69) is 25.7 Å². The molecule has 0 aromatic rings. The highest BCUT2D eigenvalue weighted by atomic mass is 16.5. The first kappa shape index (κ1) is 15.8. The van der Waals surface area contributed by atoms with E-state index < -0.39 is 0 Å². The van der Waals surface area contributed by atoms with Crippen molar-refractivity contribution in [3.63, 3.8) is 0 Å². The Kier molecular flexibility index (Phi) is 5.11. The number of likely N-dealkylation sites (tertiary alicyclic amines) is 1. The standard InChI is InChI=1S/C17H31NO2/c1-4-5-6-9-15(19)18-12-11-17(14-16(18,2)3)10-7-8-13-20-17/h4-14H2,1-3H3. The summed E-state index contributed by atoms with van der Waals surface area (Å²) in [6.07, 6.45) is 9.75. The maximum atomic E-state index is 12.4. The number of carbonyl (C=O) groups excluding carboxylic acids is 1. The molecule has 0 radical (unpaired) electrons. The Bertz CT molecular complexity index is 332. The monoisotopic (exact) mass is 281 g/mol. The van der Waals surface area contributed by atoms with Crippen molar-refractivity contribution in [1.29, 1.82) is 0 Å². The van der Waals surface area contributed by atoms with Crippen LogP contribution in [0.1, 0.15) is 78.6 Å². The summed E-state index contributed by atoms with van der Waals surface area (Å²) in [6.45, 7) is 8.38. The average Bonchev–Trinajstić information content (AvgIpc) is 2.38. The van der Waals surface area contributed by atoms with E-state index in [0.29, 0.717) is 12.3 Å². The zero-order valence-corrected chi connectivity index (χ0v) is 13.5. The van der Waals surface area contributed by atoms with Gasteiger partial charge in [-0.15, -0.1) is 0 Å². The number of rotatable bonds is 4. The third kappa shape index (κ3) is 3.55. The number of ether oxygens (including phenoxy) is 1. The van der Waals surface area contributed by atoms with Crippen molar-refractivity contribution in [1.82, 2.24) is 4.90 Å². The van der Waals surface area contributed by atoms with Crippen LogP contribution in [0.5, 0.6) is 0 Å². The molecule has 1 spiro atoms. The van der Waals surface area contributed by atoms with Crippen LogP contribution in [0.4, 0.5) is 0 Å². The predicted molar refractivity (Wildman–Crippen MR) is 81.7 cm³/mol. The maximum absolute atomic E-state index is 12.4. The van der Waals surface area contributed by atoms with E-state index in [1.807, 2.05) is 0 Å². The van der Waals surface area contributed by atoms with Gasteiger partial charge in [0.25, 0.3) is 0 Å². The molecule has 20 heavy (non-hydrogen) atoms. The van der Waals surface area contributed by atoms with Crippen LogP contribution in [-0.4, -0.2) is 35.1 Å². The molecule has 0 aliphatic carbocycles. The minimum Gasteiger partial charge on any atom is -0.375 e. The molecular formula is C17H31NO2. The maximum Gasteiger partial charge on any atom is 0.223 e. The van der Waals surface area contributed by atoms with Gasteiger partial charge in [0.15, 0.2) is 0 Å². The molecule has 2 saturated heterocycles. The third-order valence-corrected chi connectivity index (χ3v) is 5.01. The molecule has 2 rings (SSSR count). The lowest BCUT2D eigenvalue weighted by atomic mass is 9.75. The van der Waals surface area contributed by atoms with Crippen LogP contribution in [-0.2, 0) is 9.53 Å². The second-order valence-corrected chi connectivity index (χ2v) is 7.23. The van der Waals surface area contributed by atoms with Crippen LogP contribution in [0.25, 0.3) is 0 Å². The highest BCUT2D eigenvalue weighted by Crippen LogP contribution is 2.42. The number of nitrogens with zero attached hydrogens (tertiary/aromatic N) is 1. The zero-order chi connectivity index (χ0) is 14.6. The van der Waals surface area contributed by atoms with Gasteiger partial charge in [-0.05, 0) is 52.4 Å². The van der Waals surface area contributed by atoms with Gasteiger partial charge in [0.2, 0.25) is 5.91 Å². The van der Waals surface area contributed by atoms with E-state index in [9.17, 15) is 4.79 Å². The van der Waals surface area contributed by atoms with E-state index in [0.717, 1.165) is 38.8 Å². The molecule has 2 fully saturated rings. The fraction of sp³-hybridized carbons (Fsp3) is 0.941. The predicted octanol–water partition coefficient (Wildman–Crippen LogP) is 3.91. The Hall–Kier alpha value is -0.570. The van der Waals surface area contributed by atoms with E-state index in [1.165, 1.54) is 25.7 Å². The summed E-state index contributed by atoms with van der Waals surface area (Å²) in [5, 5.41) is 0. The van der Waals surface area contributed by atoms with Crippen LogP contribution in [0.3, 0.4) is 0 Å². The van der Waals surface area contributed by atoms with E-state index in [1.54, 1.807) is 0 Å². The second-order valence-electron chi connectivity index (χ2n) is 7.23. The Morgan fingerprint density at radius 3 is 2.60 bits per heavy atom. The van der Waals surface area contributed by atoms with Gasteiger partial charge in [0, 0.05) is 25.1 Å². The number of unbranched alkanes of at least 4 members (excludes halogenated alkanes) is 2. The highest BCUT2D eigenvalue weighted by Gasteiger charge is 2.46. The van der Waals surface area contributed by atoms with Gasteiger partial charge >= 0.3 is 0 Å². The molecule has 3 heteroatoms. The van der Waals surface area contributed by atoms with Crippen molar-refractivity contribution in [2.45, 2.75) is 89.7 Å². The van der Waals surface area contributed by atoms with Crippen molar-refractivity contribution in [3.05, 3.63) is 0 Å². The number of amides is 1. The normalized spacial score (nSPS) is 29.6. The van der Waals surface area contributed by atoms with Crippen molar-refractivity contribution >= 4 is 5.91 Å². The Morgan fingerprint density at radius 2 is 2.00 bits per heavy atom. The summed E-state index contributed by atoms with van der Waals surface area (Å²) in [5.74, 6) is 0.342. The fourth-order valence-corrected chi connectivity index (χ4v) is 3.96. The van der Waals surface area contributed by atoms with Gasteiger partial charge < -0.3 is 9.64 Å². The molecule has 2 aliphatic rings. The molecule has 3 nitrogen and oxygen atoms in total. The molecule has 0 aromatic heterocycles. The first-order valence-electron chi connectivity index (χ1n) is 8.44. The molecule has 1 amide bonds. The van der Waals surface area contributed by atoms with Gasteiger partial charge in [-0.25, -0.2) is 0 Å². The topological polar surface area (TPSA) is 29.5 Å². The van der Waals surface area contributed by atoms with Crippen LogP contribution >= 0.6 is 0 Å². The number of piperidine rings is 1. The summed E-state index contributed by atoms with van der Waals surface area (Å²) in [6, 6.07) is 0. The smallest absolute Gasteiger partial charge is 0.223 e. The van der Waals surface area contributed by atoms with Crippen molar-refractivity contribution in [2.24, 2.45) is 0 Å². The van der Waals surface area contributed by atoms with Gasteiger partial charge in [0.05, 0.1) is 5.60 Å². The molecule has 0 N–H and O–H groups in total. The molecule has 2 heterocycles. The first-order valence-corrected chi connectivity index (χ1v) is 8.44. The second kappa shape index (κ2) is 6.46. The molecule has 0 aromatic carbocycles. The van der Waals surface area contributed by atoms with Crippen molar-refractivity contribution in [3.8, 4) is 0 Å². The number of carbonyl (C=O) groups is 1. The summed E-state index contributed by atoms with van der Waals surface area (Å²) in [7, 11) is 0. The summed E-state index contributed by atoms with van der Waals surface area (Å²) in [4.78, 5) is 14.6. The van der Waals surface area contributed by atoms with Crippen LogP contribution < -0.4 is 0 Å². The highest BCUT2D eigenvalue weighted by molar-refractivity contribution is 5.77. The third-order valence-electron chi connectivity index (χ3n) is 5.01. The molecule has 116 valence electrons. The fourth-order valence-electron chi connectivity index (χ4n) is 3.96. The van der Waals surface area contributed by atoms with Crippen LogP contribution in [0, 0.1) is 0 Å². The van der Waals surface area contributed by atoms with Crippen LogP contribution in [0.15, 0.2) is 0 Å². The van der Waals surface area contributed by atoms with Crippen molar-refractivity contribution < 1.29 is 9.53 Å². The quantitative estimate of drug-likeness (QED) is 0.731. The Morgan fingerprint density at radius 1 is 1.20 bits per heavy atom. The molecular weight excluding hydrogens is 250 g/mol. The summed E-state index contributed by atoms with van der Waals surface area (Å²) >= 11 is 0. The van der Waals surface area contributed by atoms with Gasteiger partial charge in [-0.2, -0.15) is 0 Å². The van der Waals surface area contributed by atoms with E-state index >= 15 is 0 Å². The summed E-state index contributed by atoms with van der Waals surface area (Å²) in [5.41, 5.74) is 0.000830. The lowest BCUT2D eigenvalue weighted by Crippen LogP contribution is -2.59. The minimum absolute atomic E-state index is 0.0567. The van der Waals surface area contributed by atoms with Gasteiger partial charge in [-0.1, -0.05) is 19.8 Å². The van der Waals surface area contributed by atoms with Gasteiger partial charge in [0.1, 0.15) is 0 Å². The SMILES string of the molecule is CCCCCC(=O)N1CCC2(CCCCO2)CC1(C)C. The zero-order valence-electron chi connectivity index (χ0n) is 13.5. The first-order chi connectivity index (χ1) is 9.49. The number of hydrogen-bond donors (Lipinski definition) is 0. The molecule has 1 atom stereocenters. The average molecular weight is 281 g/mol. The van der Waals surface area contributed by atoms with Gasteiger partial charge in [-0.3, -0.25) is 4.79 Å². The Labute approximate surface area is 124 Å². The lowest BCUT2D eigenvalue weighted by molar-refractivity contribution is -0.161. The van der Waals surface area contributed by atoms with Crippen LogP contribution in [0.2, 0.25) is 0 Å². The molecule has 2 aliphatic heterocycles. The minimum atomic E-state index is -0.0567. The number of hydrogen-bond acceptors (Lipinski definition) is 2. The largest absolute Gasteiger partial charge is 0.375 e. The van der Waals surface area contributed by atoms with Crippen molar-refractivity contribution in [2.75, 3.05) is 13.2 Å². The molecule has 1 unspecified atom stereocenters. The van der Waals surface area contributed by atoms with E-state index in [4.69, 9.17) is 4.74 Å². The lowest BCUT2D eigenvalue weighted by Gasteiger charge is -2.52. The molecule has 0 bridgehead atoms. The molecule has 0 saturated carbocycles. The summed E-state index contributed by atoms with van der Waals surface area (Å²) < 4.78 is 6.13.